The number of anilines is 1. The van der Waals surface area contributed by atoms with Gasteiger partial charge < -0.3 is 5.32 Å². The van der Waals surface area contributed by atoms with E-state index in [2.05, 4.69) is 29.4 Å². The first-order valence-electron chi connectivity index (χ1n) is 7.50. The molecule has 0 amide bonds. The Morgan fingerprint density at radius 1 is 1.30 bits per heavy atom. The van der Waals surface area contributed by atoms with E-state index in [-0.39, 0.29) is 0 Å². The van der Waals surface area contributed by atoms with Crippen LogP contribution in [0.3, 0.4) is 0 Å². The number of halogens is 1. The van der Waals surface area contributed by atoms with E-state index in [0.29, 0.717) is 0 Å². The van der Waals surface area contributed by atoms with Crippen molar-refractivity contribution in [1.29, 1.82) is 0 Å². The van der Waals surface area contributed by atoms with E-state index in [1.165, 1.54) is 31.4 Å². The molecule has 3 rings (SSSR count). The molecule has 0 spiro atoms. The fourth-order valence-electron chi connectivity index (χ4n) is 3.27. The lowest BCUT2D eigenvalue weighted by molar-refractivity contribution is 0.293. The van der Waals surface area contributed by atoms with Crippen LogP contribution in [0.15, 0.2) is 30.5 Å². The van der Waals surface area contributed by atoms with Crippen molar-refractivity contribution in [2.24, 2.45) is 11.8 Å². The number of rotatable bonds is 3. The molecule has 1 heterocycles. The van der Waals surface area contributed by atoms with Crippen molar-refractivity contribution in [3.8, 4) is 0 Å². The SMILES string of the molecule is CC1CCCC(CNc2ccnc3cc(Cl)ccc23)C1. The maximum Gasteiger partial charge on any atom is 0.0737 e. The van der Waals surface area contributed by atoms with Gasteiger partial charge in [0.15, 0.2) is 0 Å². The zero-order valence-corrected chi connectivity index (χ0v) is 12.7. The Morgan fingerprint density at radius 3 is 3.05 bits per heavy atom. The third kappa shape index (κ3) is 3.06. The maximum absolute atomic E-state index is 6.03. The predicted octanol–water partition coefficient (Wildman–Crippen LogP) is 5.13. The van der Waals surface area contributed by atoms with Crippen molar-refractivity contribution in [2.75, 3.05) is 11.9 Å². The Hall–Kier alpha value is -1.28. The lowest BCUT2D eigenvalue weighted by atomic mass is 9.82. The van der Waals surface area contributed by atoms with E-state index in [4.69, 9.17) is 11.6 Å². The molecule has 2 atom stereocenters. The van der Waals surface area contributed by atoms with Crippen molar-refractivity contribution in [2.45, 2.75) is 32.6 Å². The molecule has 1 aromatic heterocycles. The molecule has 3 heteroatoms. The minimum atomic E-state index is 0.739. The molecule has 1 aromatic carbocycles. The number of nitrogens with zero attached hydrogens (tertiary/aromatic N) is 1. The third-order valence-corrected chi connectivity index (χ3v) is 4.57. The average molecular weight is 289 g/mol. The molecule has 20 heavy (non-hydrogen) atoms. The Bertz CT molecular complexity index is 597. The zero-order chi connectivity index (χ0) is 13.9. The minimum absolute atomic E-state index is 0.739. The molecule has 0 saturated heterocycles. The highest BCUT2D eigenvalue weighted by Crippen LogP contribution is 2.30. The molecule has 1 N–H and O–H groups in total. The van der Waals surface area contributed by atoms with Crippen LogP contribution in [0.1, 0.15) is 32.6 Å². The van der Waals surface area contributed by atoms with Crippen LogP contribution < -0.4 is 5.32 Å². The summed E-state index contributed by atoms with van der Waals surface area (Å²) in [5.41, 5.74) is 2.13. The Kier molecular flexibility index (Phi) is 4.11. The average Bonchev–Trinajstić information content (AvgIpc) is 2.44. The quantitative estimate of drug-likeness (QED) is 0.847. The van der Waals surface area contributed by atoms with E-state index in [1.807, 2.05) is 18.3 Å². The van der Waals surface area contributed by atoms with Gasteiger partial charge in [-0.1, -0.05) is 31.4 Å². The van der Waals surface area contributed by atoms with Gasteiger partial charge in [-0.2, -0.15) is 0 Å². The molecule has 2 unspecified atom stereocenters. The summed E-state index contributed by atoms with van der Waals surface area (Å²) in [4.78, 5) is 4.39. The summed E-state index contributed by atoms with van der Waals surface area (Å²) in [6.45, 7) is 3.43. The second-order valence-corrected chi connectivity index (χ2v) is 6.48. The molecule has 106 valence electrons. The summed E-state index contributed by atoms with van der Waals surface area (Å²) in [5, 5.41) is 5.51. The monoisotopic (exact) mass is 288 g/mol. The van der Waals surface area contributed by atoms with Gasteiger partial charge in [0.25, 0.3) is 0 Å². The highest BCUT2D eigenvalue weighted by atomic mass is 35.5. The standard InChI is InChI=1S/C17H21ClN2/c1-12-3-2-4-13(9-12)11-20-16-7-8-19-17-10-14(18)5-6-15(16)17/h5-8,10,12-13H,2-4,9,11H2,1H3,(H,19,20). The van der Waals surface area contributed by atoms with Crippen LogP contribution in [0.2, 0.25) is 5.02 Å². The van der Waals surface area contributed by atoms with Crippen molar-refractivity contribution >= 4 is 28.2 Å². The van der Waals surface area contributed by atoms with Crippen LogP contribution in [0.5, 0.6) is 0 Å². The molecular formula is C17H21ClN2. The van der Waals surface area contributed by atoms with E-state index in [9.17, 15) is 0 Å². The molecule has 0 aliphatic heterocycles. The smallest absolute Gasteiger partial charge is 0.0737 e. The maximum atomic E-state index is 6.03. The third-order valence-electron chi connectivity index (χ3n) is 4.33. The summed E-state index contributed by atoms with van der Waals surface area (Å²) in [6, 6.07) is 7.96. The highest BCUT2D eigenvalue weighted by Gasteiger charge is 2.18. The largest absolute Gasteiger partial charge is 0.384 e. The van der Waals surface area contributed by atoms with Crippen molar-refractivity contribution in [1.82, 2.24) is 4.98 Å². The molecule has 2 nitrogen and oxygen atoms in total. The van der Waals surface area contributed by atoms with Gasteiger partial charge in [0, 0.05) is 28.8 Å². The van der Waals surface area contributed by atoms with E-state index in [0.717, 1.165) is 34.3 Å². The van der Waals surface area contributed by atoms with Gasteiger partial charge in [-0.15, -0.1) is 0 Å². The number of aromatic nitrogens is 1. The van der Waals surface area contributed by atoms with Gasteiger partial charge in [0.2, 0.25) is 0 Å². The van der Waals surface area contributed by atoms with Gasteiger partial charge in [0.1, 0.15) is 0 Å². The van der Waals surface area contributed by atoms with Gasteiger partial charge in [-0.3, -0.25) is 4.98 Å². The van der Waals surface area contributed by atoms with Crippen LogP contribution in [0.4, 0.5) is 5.69 Å². The number of nitrogens with one attached hydrogen (secondary N) is 1. The normalized spacial score (nSPS) is 22.9. The van der Waals surface area contributed by atoms with Crippen LogP contribution >= 0.6 is 11.6 Å². The molecule has 1 aliphatic carbocycles. The Balaban J connectivity index is 1.74. The molecule has 0 bridgehead atoms. The second kappa shape index (κ2) is 6.01. The van der Waals surface area contributed by atoms with E-state index in [1.54, 1.807) is 0 Å². The lowest BCUT2D eigenvalue weighted by Gasteiger charge is -2.27. The summed E-state index contributed by atoms with van der Waals surface area (Å²) < 4.78 is 0. The summed E-state index contributed by atoms with van der Waals surface area (Å²) >= 11 is 6.03. The van der Waals surface area contributed by atoms with Gasteiger partial charge in [-0.05, 0) is 48.9 Å². The van der Waals surface area contributed by atoms with Crippen molar-refractivity contribution in [3.63, 3.8) is 0 Å². The predicted molar refractivity (Wildman–Crippen MR) is 86.4 cm³/mol. The van der Waals surface area contributed by atoms with Crippen LogP contribution in [0, 0.1) is 11.8 Å². The second-order valence-electron chi connectivity index (χ2n) is 6.04. The van der Waals surface area contributed by atoms with Gasteiger partial charge >= 0.3 is 0 Å². The molecule has 0 radical (unpaired) electrons. The fraction of sp³-hybridized carbons (Fsp3) is 0.471. The molecule has 2 aromatic rings. The summed E-state index contributed by atoms with van der Waals surface area (Å²) in [5.74, 6) is 1.68. The number of hydrogen-bond donors (Lipinski definition) is 1. The first-order valence-corrected chi connectivity index (χ1v) is 7.88. The number of hydrogen-bond acceptors (Lipinski definition) is 2. The van der Waals surface area contributed by atoms with Gasteiger partial charge in [0.05, 0.1) is 5.52 Å². The first kappa shape index (κ1) is 13.7. The van der Waals surface area contributed by atoms with Crippen molar-refractivity contribution in [3.05, 3.63) is 35.5 Å². The van der Waals surface area contributed by atoms with Crippen LogP contribution in [-0.4, -0.2) is 11.5 Å². The molecule has 1 saturated carbocycles. The van der Waals surface area contributed by atoms with Gasteiger partial charge in [-0.25, -0.2) is 0 Å². The van der Waals surface area contributed by atoms with Crippen molar-refractivity contribution < 1.29 is 0 Å². The number of pyridine rings is 1. The fourth-order valence-corrected chi connectivity index (χ4v) is 3.44. The zero-order valence-electron chi connectivity index (χ0n) is 11.9. The lowest BCUT2D eigenvalue weighted by Crippen LogP contribution is -2.21. The Morgan fingerprint density at radius 2 is 2.20 bits per heavy atom. The van der Waals surface area contributed by atoms with Crippen LogP contribution in [-0.2, 0) is 0 Å². The first-order chi connectivity index (χ1) is 9.72. The van der Waals surface area contributed by atoms with E-state index < -0.39 is 0 Å². The van der Waals surface area contributed by atoms with E-state index >= 15 is 0 Å². The summed E-state index contributed by atoms with van der Waals surface area (Å²) in [7, 11) is 0. The summed E-state index contributed by atoms with van der Waals surface area (Å²) in [6.07, 6.45) is 7.33. The minimum Gasteiger partial charge on any atom is -0.384 e. The molecule has 1 aliphatic rings. The molecule has 1 fully saturated rings. The van der Waals surface area contributed by atoms with Crippen LogP contribution in [0.25, 0.3) is 10.9 Å². The Labute approximate surface area is 125 Å². The number of fused-ring (bicyclic) bond motifs is 1. The number of benzene rings is 1. The topological polar surface area (TPSA) is 24.9 Å². The highest BCUT2D eigenvalue weighted by molar-refractivity contribution is 6.31. The molecular weight excluding hydrogens is 268 g/mol.